The maximum Gasteiger partial charge on any atom is 0.251 e. The number of carbonyl (C=O) groups excluding carboxylic acids is 1. The van der Waals surface area contributed by atoms with E-state index in [2.05, 4.69) is 51.7 Å². The Morgan fingerprint density at radius 2 is 1.71 bits per heavy atom. The van der Waals surface area contributed by atoms with Gasteiger partial charge in [-0.05, 0) is 99.5 Å². The van der Waals surface area contributed by atoms with Crippen molar-refractivity contribution in [2.45, 2.75) is 62.8 Å². The lowest BCUT2D eigenvalue weighted by Gasteiger charge is -2.36. The quantitative estimate of drug-likeness (QED) is 0.317. The van der Waals surface area contributed by atoms with E-state index in [0.717, 1.165) is 53.6 Å². The molecule has 3 aliphatic rings. The van der Waals surface area contributed by atoms with Crippen molar-refractivity contribution in [1.29, 1.82) is 0 Å². The van der Waals surface area contributed by atoms with Crippen LogP contribution in [0.25, 0.3) is 22.2 Å². The third kappa shape index (κ3) is 4.47. The number of hydrogen-bond donors (Lipinski definition) is 2. The molecule has 3 heterocycles. The highest BCUT2D eigenvalue weighted by Crippen LogP contribution is 2.41. The molecular weight excluding hydrogens is 472 g/mol. The van der Waals surface area contributed by atoms with Crippen molar-refractivity contribution >= 4 is 16.8 Å². The Bertz CT molecular complexity index is 1430. The lowest BCUT2D eigenvalue weighted by Crippen LogP contribution is -2.43. The molecule has 3 aromatic carbocycles. The van der Waals surface area contributed by atoms with Crippen molar-refractivity contribution in [3.63, 3.8) is 0 Å². The molecule has 2 N–H and O–H groups in total. The summed E-state index contributed by atoms with van der Waals surface area (Å²) in [5, 5.41) is 12.0. The number of hydrogen-bond acceptors (Lipinski definition) is 4. The van der Waals surface area contributed by atoms with Gasteiger partial charge in [0.05, 0.1) is 17.3 Å². The van der Waals surface area contributed by atoms with Gasteiger partial charge < -0.3 is 15.0 Å². The van der Waals surface area contributed by atoms with Crippen LogP contribution in [0.3, 0.4) is 0 Å². The second-order valence-corrected chi connectivity index (χ2v) is 11.3. The van der Waals surface area contributed by atoms with Crippen LogP contribution in [0.1, 0.15) is 60.5 Å². The van der Waals surface area contributed by atoms with Crippen molar-refractivity contribution in [3.05, 3.63) is 83.9 Å². The summed E-state index contributed by atoms with van der Waals surface area (Å²) >= 11 is 0. The zero-order valence-corrected chi connectivity index (χ0v) is 21.8. The van der Waals surface area contributed by atoms with Crippen LogP contribution in [0.4, 0.5) is 0 Å². The van der Waals surface area contributed by atoms with Gasteiger partial charge in [-0.15, -0.1) is 0 Å². The number of aromatic nitrogens is 2. The van der Waals surface area contributed by atoms with Gasteiger partial charge in [0.2, 0.25) is 0 Å². The molecule has 6 heteroatoms. The van der Waals surface area contributed by atoms with E-state index < -0.39 is 0 Å². The van der Waals surface area contributed by atoms with E-state index in [0.29, 0.717) is 23.6 Å². The molecular formula is C32H34N4O2. The zero-order chi connectivity index (χ0) is 25.6. The first-order chi connectivity index (χ1) is 18.6. The number of benzene rings is 3. The molecule has 2 bridgehead atoms. The Morgan fingerprint density at radius 3 is 2.42 bits per heavy atom. The second-order valence-electron chi connectivity index (χ2n) is 11.3. The molecule has 4 aromatic rings. The van der Waals surface area contributed by atoms with E-state index in [4.69, 9.17) is 4.74 Å². The molecule has 2 unspecified atom stereocenters. The smallest absolute Gasteiger partial charge is 0.251 e. The van der Waals surface area contributed by atoms with Crippen molar-refractivity contribution in [2.24, 2.45) is 5.92 Å². The summed E-state index contributed by atoms with van der Waals surface area (Å²) in [4.78, 5) is 15.9. The monoisotopic (exact) mass is 506 g/mol. The van der Waals surface area contributed by atoms with Crippen LogP contribution in [-0.4, -0.2) is 46.2 Å². The molecule has 1 saturated carbocycles. The Labute approximate surface area is 223 Å². The van der Waals surface area contributed by atoms with Gasteiger partial charge in [-0.1, -0.05) is 30.3 Å². The molecule has 1 aliphatic carbocycles. The number of ether oxygens (including phenoxy) is 1. The number of nitrogens with one attached hydrogen (secondary N) is 2. The number of amides is 1. The molecule has 2 saturated heterocycles. The summed E-state index contributed by atoms with van der Waals surface area (Å²) < 4.78 is 6.38. The molecule has 7 rings (SSSR count). The lowest BCUT2D eigenvalue weighted by atomic mass is 10.0. The van der Waals surface area contributed by atoms with Gasteiger partial charge in [0, 0.05) is 28.6 Å². The fourth-order valence-corrected chi connectivity index (χ4v) is 6.50. The van der Waals surface area contributed by atoms with Crippen LogP contribution in [0, 0.1) is 5.92 Å². The van der Waals surface area contributed by atoms with Gasteiger partial charge in [-0.3, -0.25) is 9.89 Å². The molecule has 6 nitrogen and oxygen atoms in total. The third-order valence-electron chi connectivity index (χ3n) is 8.85. The Morgan fingerprint density at radius 1 is 0.974 bits per heavy atom. The van der Waals surface area contributed by atoms with Gasteiger partial charge in [0.25, 0.3) is 5.91 Å². The minimum atomic E-state index is -0.0457. The largest absolute Gasteiger partial charge is 0.490 e. The first-order valence-corrected chi connectivity index (χ1v) is 14.0. The minimum absolute atomic E-state index is 0.0457. The maximum absolute atomic E-state index is 13.3. The van der Waals surface area contributed by atoms with Crippen LogP contribution in [0.2, 0.25) is 0 Å². The highest BCUT2D eigenvalue weighted by Gasteiger charge is 2.39. The van der Waals surface area contributed by atoms with Crippen molar-refractivity contribution in [3.8, 4) is 17.0 Å². The average Bonchev–Trinajstić information content (AvgIpc) is 3.67. The van der Waals surface area contributed by atoms with Crippen molar-refractivity contribution < 1.29 is 9.53 Å². The van der Waals surface area contributed by atoms with Crippen LogP contribution < -0.4 is 10.1 Å². The van der Waals surface area contributed by atoms with Crippen LogP contribution >= 0.6 is 0 Å². The minimum Gasteiger partial charge on any atom is -0.490 e. The number of rotatable bonds is 7. The van der Waals surface area contributed by atoms with E-state index >= 15 is 0 Å². The topological polar surface area (TPSA) is 70.2 Å². The van der Waals surface area contributed by atoms with Crippen molar-refractivity contribution in [1.82, 2.24) is 20.4 Å². The van der Waals surface area contributed by atoms with E-state index in [1.807, 2.05) is 48.5 Å². The number of carbonyl (C=O) groups is 1. The van der Waals surface area contributed by atoms with Gasteiger partial charge in [0.1, 0.15) is 11.9 Å². The van der Waals surface area contributed by atoms with Crippen LogP contribution in [0.15, 0.2) is 72.8 Å². The summed E-state index contributed by atoms with van der Waals surface area (Å²) in [6.07, 6.45) is 7.40. The highest BCUT2D eigenvalue weighted by molar-refractivity contribution is 6.01. The SMILES string of the molecule is CN1[C@@H]2CC[C@H]1CC(Oc1ccc(-c3n[nH]c4ccc(C(=O)NC(c5ccccc5)C5CC5)cc34)cc1)C2. The average molecular weight is 507 g/mol. The normalized spacial score (nSPS) is 23.9. The summed E-state index contributed by atoms with van der Waals surface area (Å²) in [7, 11) is 2.26. The molecule has 1 amide bonds. The van der Waals surface area contributed by atoms with E-state index in [1.165, 1.54) is 18.4 Å². The van der Waals surface area contributed by atoms with Crippen molar-refractivity contribution in [2.75, 3.05) is 7.05 Å². The van der Waals surface area contributed by atoms with E-state index in [9.17, 15) is 4.79 Å². The standard InChI is InChI=1S/C32H34N4O2/c1-36-24-12-13-25(36)19-27(18-24)38-26-14-9-22(10-15-26)31-28-17-23(11-16-29(28)34-35-31)32(37)33-30(21-7-8-21)20-5-3-2-4-6-20/h2-6,9-11,14-17,21,24-25,27,30H,7-8,12-13,18-19H2,1H3,(H,33,37)(H,34,35)/t24-,25+,27?,30?. The number of H-pyrrole nitrogens is 1. The summed E-state index contributed by atoms with van der Waals surface area (Å²) in [6.45, 7) is 0. The van der Waals surface area contributed by atoms with Crippen LogP contribution in [-0.2, 0) is 0 Å². The molecule has 1 aromatic heterocycles. The second kappa shape index (κ2) is 9.59. The number of piperidine rings is 1. The third-order valence-corrected chi connectivity index (χ3v) is 8.85. The Balaban J connectivity index is 1.08. The molecule has 4 atom stereocenters. The molecule has 0 spiro atoms. The Hall–Kier alpha value is -3.64. The molecule has 3 fully saturated rings. The van der Waals surface area contributed by atoms with Crippen LogP contribution in [0.5, 0.6) is 5.75 Å². The van der Waals surface area contributed by atoms with E-state index in [-0.39, 0.29) is 18.1 Å². The molecule has 2 aliphatic heterocycles. The summed E-state index contributed by atoms with van der Waals surface area (Å²) in [6, 6.07) is 25.7. The lowest BCUT2D eigenvalue weighted by molar-refractivity contribution is 0.0662. The first kappa shape index (κ1) is 23.5. The fraction of sp³-hybridized carbons (Fsp3) is 0.375. The Kier molecular flexibility index (Phi) is 5.92. The zero-order valence-electron chi connectivity index (χ0n) is 21.8. The number of fused-ring (bicyclic) bond motifs is 3. The predicted octanol–water partition coefficient (Wildman–Crippen LogP) is 6.12. The summed E-state index contributed by atoms with van der Waals surface area (Å²) in [5.41, 5.74) is 4.59. The maximum atomic E-state index is 13.3. The van der Waals surface area contributed by atoms with Gasteiger partial charge in [-0.25, -0.2) is 0 Å². The molecule has 0 radical (unpaired) electrons. The predicted molar refractivity (Wildman–Crippen MR) is 149 cm³/mol. The summed E-state index contributed by atoms with van der Waals surface area (Å²) in [5.74, 6) is 1.38. The van der Waals surface area contributed by atoms with Gasteiger partial charge in [0.15, 0.2) is 0 Å². The number of nitrogens with zero attached hydrogens (tertiary/aromatic N) is 2. The fourth-order valence-electron chi connectivity index (χ4n) is 6.50. The number of aromatic amines is 1. The van der Waals surface area contributed by atoms with Gasteiger partial charge in [-0.2, -0.15) is 5.10 Å². The molecule has 38 heavy (non-hydrogen) atoms. The van der Waals surface area contributed by atoms with Gasteiger partial charge >= 0.3 is 0 Å². The highest BCUT2D eigenvalue weighted by atomic mass is 16.5. The molecule has 194 valence electrons. The first-order valence-electron chi connectivity index (χ1n) is 14.0. The van der Waals surface area contributed by atoms with E-state index in [1.54, 1.807) is 0 Å².